The van der Waals surface area contributed by atoms with Crippen LogP contribution in [0.25, 0.3) is 0 Å². The molecule has 6 nitrogen and oxygen atoms in total. The molecule has 1 amide bonds. The molecule has 1 saturated heterocycles. The Hall–Kier alpha value is -1.43. The highest BCUT2D eigenvalue weighted by Crippen LogP contribution is 2.16. The average molecular weight is 293 g/mol. The highest BCUT2D eigenvalue weighted by Gasteiger charge is 2.27. The maximum absolute atomic E-state index is 12.8. The standard InChI is InChI=1S/C15H27N5O/c1-5-12(6-2)19(9-11(3)4)15(21)14-10-20(18-17-14)13-7-16-8-13/h10-13,16H,5-9H2,1-4H3. The summed E-state index contributed by atoms with van der Waals surface area (Å²) >= 11 is 0. The van der Waals surface area contributed by atoms with E-state index in [-0.39, 0.29) is 11.9 Å². The lowest BCUT2D eigenvalue weighted by molar-refractivity contribution is 0.0634. The average Bonchev–Trinajstić information content (AvgIpc) is 2.85. The van der Waals surface area contributed by atoms with Crippen molar-refractivity contribution in [2.24, 2.45) is 5.92 Å². The van der Waals surface area contributed by atoms with Crippen LogP contribution in [0.3, 0.4) is 0 Å². The predicted molar refractivity (Wildman–Crippen MR) is 82.2 cm³/mol. The monoisotopic (exact) mass is 293 g/mol. The molecule has 2 rings (SSSR count). The molecule has 118 valence electrons. The van der Waals surface area contributed by atoms with Gasteiger partial charge < -0.3 is 10.2 Å². The van der Waals surface area contributed by atoms with Crippen LogP contribution in [0, 0.1) is 5.92 Å². The molecule has 1 aliphatic heterocycles. The second kappa shape index (κ2) is 7.02. The first-order valence-electron chi connectivity index (χ1n) is 8.00. The van der Waals surface area contributed by atoms with Crippen LogP contribution < -0.4 is 5.32 Å². The second-order valence-electron chi connectivity index (χ2n) is 6.22. The molecule has 1 aromatic rings. The first kappa shape index (κ1) is 15.9. The van der Waals surface area contributed by atoms with E-state index in [2.05, 4.69) is 43.3 Å². The SMILES string of the molecule is CCC(CC)N(CC(C)C)C(=O)c1cn(C2CNC2)nn1. The molecule has 0 aliphatic carbocycles. The fourth-order valence-electron chi connectivity index (χ4n) is 2.68. The molecule has 0 unspecified atom stereocenters. The number of carbonyl (C=O) groups excluding carboxylic acids is 1. The van der Waals surface area contributed by atoms with Gasteiger partial charge in [0, 0.05) is 25.7 Å². The van der Waals surface area contributed by atoms with Gasteiger partial charge in [-0.3, -0.25) is 4.79 Å². The Kier molecular flexibility index (Phi) is 5.33. The summed E-state index contributed by atoms with van der Waals surface area (Å²) in [5.74, 6) is 0.455. The predicted octanol–water partition coefficient (Wildman–Crippen LogP) is 1.71. The summed E-state index contributed by atoms with van der Waals surface area (Å²) in [5.41, 5.74) is 0.467. The van der Waals surface area contributed by atoms with Gasteiger partial charge in [-0.25, -0.2) is 4.68 Å². The molecule has 0 aromatic carbocycles. The highest BCUT2D eigenvalue weighted by atomic mass is 16.2. The van der Waals surface area contributed by atoms with Crippen LogP contribution in [-0.2, 0) is 0 Å². The van der Waals surface area contributed by atoms with E-state index in [9.17, 15) is 4.79 Å². The maximum Gasteiger partial charge on any atom is 0.276 e. The van der Waals surface area contributed by atoms with Crippen LogP contribution in [0.4, 0.5) is 0 Å². The van der Waals surface area contributed by atoms with E-state index in [1.807, 2.05) is 9.58 Å². The number of rotatable bonds is 7. The van der Waals surface area contributed by atoms with Crippen molar-refractivity contribution in [2.75, 3.05) is 19.6 Å². The summed E-state index contributed by atoms with van der Waals surface area (Å²) in [6, 6.07) is 0.612. The Morgan fingerprint density at radius 3 is 2.57 bits per heavy atom. The van der Waals surface area contributed by atoms with E-state index >= 15 is 0 Å². The number of nitrogens with zero attached hydrogens (tertiary/aromatic N) is 4. The van der Waals surface area contributed by atoms with Gasteiger partial charge in [-0.05, 0) is 18.8 Å². The fraction of sp³-hybridized carbons (Fsp3) is 0.800. The Balaban J connectivity index is 2.14. The molecule has 21 heavy (non-hydrogen) atoms. The van der Waals surface area contributed by atoms with Gasteiger partial charge in [0.2, 0.25) is 0 Å². The third-order valence-electron chi connectivity index (χ3n) is 4.07. The molecule has 0 saturated carbocycles. The molecule has 0 spiro atoms. The zero-order valence-electron chi connectivity index (χ0n) is 13.5. The van der Waals surface area contributed by atoms with Crippen molar-refractivity contribution >= 4 is 5.91 Å². The number of nitrogens with one attached hydrogen (secondary N) is 1. The van der Waals surface area contributed by atoms with Crippen molar-refractivity contribution in [3.05, 3.63) is 11.9 Å². The molecule has 0 atom stereocenters. The second-order valence-corrected chi connectivity index (χ2v) is 6.22. The smallest absolute Gasteiger partial charge is 0.276 e. The summed E-state index contributed by atoms with van der Waals surface area (Å²) in [6.45, 7) is 11.1. The summed E-state index contributed by atoms with van der Waals surface area (Å²) in [4.78, 5) is 14.7. The Labute approximate surface area is 126 Å². The summed E-state index contributed by atoms with van der Waals surface area (Å²) in [5, 5.41) is 11.4. The number of amides is 1. The number of hydrogen-bond acceptors (Lipinski definition) is 4. The normalized spacial score (nSPS) is 15.5. The molecular weight excluding hydrogens is 266 g/mol. The minimum atomic E-state index is 0.0101. The lowest BCUT2D eigenvalue weighted by atomic mass is 10.1. The van der Waals surface area contributed by atoms with Crippen LogP contribution in [0.15, 0.2) is 6.20 Å². The van der Waals surface area contributed by atoms with Crippen LogP contribution in [0.1, 0.15) is 57.1 Å². The molecule has 0 radical (unpaired) electrons. The lowest BCUT2D eigenvalue weighted by Gasteiger charge is -2.31. The third-order valence-corrected chi connectivity index (χ3v) is 4.07. The van der Waals surface area contributed by atoms with E-state index in [4.69, 9.17) is 0 Å². The highest BCUT2D eigenvalue weighted by molar-refractivity contribution is 5.92. The Morgan fingerprint density at radius 2 is 2.10 bits per heavy atom. The molecule has 1 fully saturated rings. The van der Waals surface area contributed by atoms with Gasteiger partial charge in [0.15, 0.2) is 5.69 Å². The largest absolute Gasteiger partial charge is 0.334 e. The molecule has 2 heterocycles. The molecule has 1 aliphatic rings. The molecule has 0 bridgehead atoms. The van der Waals surface area contributed by atoms with Gasteiger partial charge in [0.1, 0.15) is 0 Å². The van der Waals surface area contributed by atoms with E-state index < -0.39 is 0 Å². The van der Waals surface area contributed by atoms with Crippen LogP contribution in [0.2, 0.25) is 0 Å². The van der Waals surface area contributed by atoms with E-state index in [1.54, 1.807) is 6.20 Å². The van der Waals surface area contributed by atoms with E-state index in [0.29, 0.717) is 17.7 Å². The molecule has 6 heteroatoms. The van der Waals surface area contributed by atoms with E-state index in [0.717, 1.165) is 32.5 Å². The van der Waals surface area contributed by atoms with Gasteiger partial charge in [-0.1, -0.05) is 32.9 Å². The Morgan fingerprint density at radius 1 is 1.43 bits per heavy atom. The topological polar surface area (TPSA) is 63.1 Å². The quantitative estimate of drug-likeness (QED) is 0.831. The minimum absolute atomic E-state index is 0.0101. The van der Waals surface area contributed by atoms with E-state index in [1.165, 1.54) is 0 Å². The summed E-state index contributed by atoms with van der Waals surface area (Å²) < 4.78 is 1.81. The first-order valence-corrected chi connectivity index (χ1v) is 8.00. The molecule has 1 aromatic heterocycles. The van der Waals surface area contributed by atoms with Gasteiger partial charge in [-0.2, -0.15) is 0 Å². The molecule has 1 N–H and O–H groups in total. The van der Waals surface area contributed by atoms with Crippen LogP contribution in [0.5, 0.6) is 0 Å². The maximum atomic E-state index is 12.8. The number of aromatic nitrogens is 3. The lowest BCUT2D eigenvalue weighted by Crippen LogP contribution is -2.43. The minimum Gasteiger partial charge on any atom is -0.334 e. The third kappa shape index (κ3) is 3.61. The fourth-order valence-corrected chi connectivity index (χ4v) is 2.68. The van der Waals surface area contributed by atoms with Crippen molar-refractivity contribution in [3.8, 4) is 0 Å². The van der Waals surface area contributed by atoms with Gasteiger partial charge >= 0.3 is 0 Å². The molecular formula is C15H27N5O. The van der Waals surface area contributed by atoms with Crippen molar-refractivity contribution in [3.63, 3.8) is 0 Å². The number of carbonyl (C=O) groups is 1. The summed E-state index contributed by atoms with van der Waals surface area (Å²) in [6.07, 6.45) is 3.73. The van der Waals surface area contributed by atoms with Crippen molar-refractivity contribution in [1.82, 2.24) is 25.2 Å². The number of hydrogen-bond donors (Lipinski definition) is 1. The zero-order valence-corrected chi connectivity index (χ0v) is 13.5. The van der Waals surface area contributed by atoms with Crippen LogP contribution in [-0.4, -0.2) is 51.5 Å². The van der Waals surface area contributed by atoms with Crippen molar-refractivity contribution < 1.29 is 4.79 Å². The van der Waals surface area contributed by atoms with Gasteiger partial charge in [0.05, 0.1) is 12.2 Å². The van der Waals surface area contributed by atoms with Gasteiger partial charge in [0.25, 0.3) is 5.91 Å². The summed E-state index contributed by atoms with van der Waals surface area (Å²) in [7, 11) is 0. The van der Waals surface area contributed by atoms with Gasteiger partial charge in [-0.15, -0.1) is 5.10 Å². The van der Waals surface area contributed by atoms with Crippen molar-refractivity contribution in [2.45, 2.75) is 52.6 Å². The van der Waals surface area contributed by atoms with Crippen molar-refractivity contribution in [1.29, 1.82) is 0 Å². The Bertz CT molecular complexity index is 462. The zero-order chi connectivity index (χ0) is 15.4. The first-order chi connectivity index (χ1) is 10.1. The van der Waals surface area contributed by atoms with Crippen LogP contribution >= 0.6 is 0 Å².